The Bertz CT molecular complexity index is 850. The molecule has 0 aliphatic carbocycles. The molecule has 0 radical (unpaired) electrons. The fourth-order valence-electron chi connectivity index (χ4n) is 2.21. The van der Waals surface area contributed by atoms with Gasteiger partial charge in [0.25, 0.3) is 0 Å². The highest BCUT2D eigenvalue weighted by Gasteiger charge is 2.30. The maximum absolute atomic E-state index is 13.4. The van der Waals surface area contributed by atoms with Crippen molar-refractivity contribution in [3.05, 3.63) is 63.6 Å². The number of halogens is 4. The van der Waals surface area contributed by atoms with Gasteiger partial charge in [-0.05, 0) is 47.8 Å². The summed E-state index contributed by atoms with van der Waals surface area (Å²) in [6.07, 6.45) is 0.0733. The summed E-state index contributed by atoms with van der Waals surface area (Å²) in [5, 5.41) is 1.27. The lowest BCUT2D eigenvalue weighted by Crippen LogP contribution is -2.38. The Morgan fingerprint density at radius 3 is 2.64 bits per heavy atom. The van der Waals surface area contributed by atoms with E-state index in [0.29, 0.717) is 32.7 Å². The van der Waals surface area contributed by atoms with E-state index >= 15 is 0 Å². The van der Waals surface area contributed by atoms with Crippen molar-refractivity contribution < 1.29 is 13.6 Å². The molecule has 1 fully saturated rings. The van der Waals surface area contributed by atoms with Crippen LogP contribution in [-0.2, 0) is 11.3 Å². The van der Waals surface area contributed by atoms with Gasteiger partial charge in [-0.15, -0.1) is 0 Å². The molecule has 1 saturated heterocycles. The van der Waals surface area contributed by atoms with Crippen LogP contribution in [0.15, 0.2) is 41.4 Å². The van der Waals surface area contributed by atoms with Gasteiger partial charge < -0.3 is 4.90 Å². The second-order valence-electron chi connectivity index (χ2n) is 5.17. The maximum Gasteiger partial charge on any atom is 0.181 e. The molecule has 2 aromatic rings. The van der Waals surface area contributed by atoms with E-state index < -0.39 is 17.8 Å². The van der Waals surface area contributed by atoms with Crippen LogP contribution < -0.4 is 4.72 Å². The smallest absolute Gasteiger partial charge is 0.181 e. The summed E-state index contributed by atoms with van der Waals surface area (Å²) in [5.74, 6) is -1.86. The molecule has 130 valence electrons. The minimum Gasteiger partial charge on any atom is -0.323 e. The van der Waals surface area contributed by atoms with Crippen molar-refractivity contribution in [1.29, 1.82) is 0 Å². The fourth-order valence-corrected chi connectivity index (χ4v) is 3.36. The molecule has 4 nitrogen and oxygen atoms in total. The average molecular weight is 402 g/mol. The first-order valence-corrected chi connectivity index (χ1v) is 8.67. The van der Waals surface area contributed by atoms with Gasteiger partial charge in [-0.3, -0.25) is 4.79 Å². The molecule has 3 rings (SSSR count). The van der Waals surface area contributed by atoms with E-state index in [1.807, 2.05) is 0 Å². The van der Waals surface area contributed by atoms with Gasteiger partial charge in [0.05, 0.1) is 15.7 Å². The highest BCUT2D eigenvalue weighted by Crippen LogP contribution is 2.29. The minimum absolute atomic E-state index is 0.181. The molecule has 2 aromatic carbocycles. The van der Waals surface area contributed by atoms with Crippen molar-refractivity contribution in [2.45, 2.75) is 12.7 Å². The Balaban J connectivity index is 1.89. The van der Waals surface area contributed by atoms with Gasteiger partial charge in [-0.25, -0.2) is 18.5 Å². The van der Waals surface area contributed by atoms with Gasteiger partial charge in [-0.1, -0.05) is 29.3 Å². The highest BCUT2D eigenvalue weighted by molar-refractivity contribution is 8.12. The van der Waals surface area contributed by atoms with Gasteiger partial charge in [0.1, 0.15) is 6.17 Å². The number of nitrogens with zero attached hydrogens (tertiary/aromatic N) is 2. The number of aldehydes is 1. The Labute approximate surface area is 157 Å². The molecule has 0 aromatic heterocycles. The molecule has 9 heteroatoms. The summed E-state index contributed by atoms with van der Waals surface area (Å²) < 4.78 is 29.4. The predicted molar refractivity (Wildman–Crippen MR) is 96.0 cm³/mol. The molecule has 25 heavy (non-hydrogen) atoms. The summed E-state index contributed by atoms with van der Waals surface area (Å²) in [7, 11) is 0. The Hall–Kier alpha value is -1.67. The molecule has 1 aliphatic heterocycles. The predicted octanol–water partition coefficient (Wildman–Crippen LogP) is 4.54. The number of hydrogen-bond acceptors (Lipinski definition) is 4. The van der Waals surface area contributed by atoms with Crippen LogP contribution in [0.3, 0.4) is 0 Å². The van der Waals surface area contributed by atoms with E-state index in [-0.39, 0.29) is 6.54 Å². The van der Waals surface area contributed by atoms with Crippen molar-refractivity contribution in [2.75, 3.05) is 0 Å². The molecular formula is C16H11Cl2F2N3OS. The number of carbonyl (C=O) groups excluding carboxylic acids is 1. The third kappa shape index (κ3) is 4.12. The minimum atomic E-state index is -0.942. The Morgan fingerprint density at radius 1 is 1.16 bits per heavy atom. The molecule has 1 N–H and O–H groups in total. The summed E-state index contributed by atoms with van der Waals surface area (Å²) >= 11 is 13.0. The van der Waals surface area contributed by atoms with E-state index in [1.54, 1.807) is 23.1 Å². The number of rotatable bonds is 4. The van der Waals surface area contributed by atoms with E-state index in [9.17, 15) is 13.6 Å². The van der Waals surface area contributed by atoms with Crippen molar-refractivity contribution >= 4 is 52.3 Å². The summed E-state index contributed by atoms with van der Waals surface area (Å²) in [4.78, 5) is 17.4. The number of benzene rings is 2. The lowest BCUT2D eigenvalue weighted by atomic mass is 10.2. The zero-order chi connectivity index (χ0) is 18.0. The number of hydrogen-bond donors (Lipinski definition) is 1. The second kappa shape index (κ2) is 7.70. The lowest BCUT2D eigenvalue weighted by Gasteiger charge is -2.21. The van der Waals surface area contributed by atoms with E-state index in [1.165, 1.54) is 18.0 Å². The SMILES string of the molecule is O=CC1NSC(=Nc2ccc(Cl)c(Cl)c2)N1Cc1ccc(F)c(F)c1. The van der Waals surface area contributed by atoms with Crippen molar-refractivity contribution in [2.24, 2.45) is 4.99 Å². The quantitative estimate of drug-likeness (QED) is 0.603. The van der Waals surface area contributed by atoms with Crippen molar-refractivity contribution in [3.63, 3.8) is 0 Å². The first kappa shape index (κ1) is 18.1. The molecule has 0 bridgehead atoms. The largest absolute Gasteiger partial charge is 0.323 e. The standard InChI is InChI=1S/C16H11Cl2F2N3OS/c17-11-3-2-10(6-12(11)18)21-16-23(15(8-24)22-25-16)7-9-1-4-13(19)14(20)5-9/h1-6,8,15,22H,7H2. The lowest BCUT2D eigenvalue weighted by molar-refractivity contribution is -0.111. The van der Waals surface area contributed by atoms with Crippen molar-refractivity contribution in [3.8, 4) is 0 Å². The molecule has 0 saturated carbocycles. The Morgan fingerprint density at radius 2 is 1.96 bits per heavy atom. The molecule has 1 unspecified atom stereocenters. The van der Waals surface area contributed by atoms with Gasteiger partial charge in [-0.2, -0.15) is 0 Å². The third-order valence-electron chi connectivity index (χ3n) is 3.45. The molecular weight excluding hydrogens is 391 g/mol. The zero-order valence-corrected chi connectivity index (χ0v) is 14.9. The number of nitrogens with one attached hydrogen (secondary N) is 1. The van der Waals surface area contributed by atoms with E-state index in [2.05, 4.69) is 9.71 Å². The topological polar surface area (TPSA) is 44.7 Å². The van der Waals surface area contributed by atoms with Crippen LogP contribution >= 0.6 is 35.1 Å². The van der Waals surface area contributed by atoms with Crippen LogP contribution in [0.1, 0.15) is 5.56 Å². The molecule has 1 atom stereocenters. The van der Waals surface area contributed by atoms with Crippen LogP contribution in [-0.4, -0.2) is 22.5 Å². The van der Waals surface area contributed by atoms with Gasteiger partial charge in [0.2, 0.25) is 0 Å². The molecule has 1 aliphatic rings. The Kier molecular flexibility index (Phi) is 5.58. The summed E-state index contributed by atoms with van der Waals surface area (Å²) in [6.45, 7) is 0.181. The van der Waals surface area contributed by atoms with Gasteiger partial charge in [0, 0.05) is 6.54 Å². The van der Waals surface area contributed by atoms with Crippen LogP contribution in [0.25, 0.3) is 0 Å². The van der Waals surface area contributed by atoms with Gasteiger partial charge in [0.15, 0.2) is 23.1 Å². The fraction of sp³-hybridized carbons (Fsp3) is 0.125. The normalized spacial score (nSPS) is 18.8. The first-order valence-electron chi connectivity index (χ1n) is 7.10. The summed E-state index contributed by atoms with van der Waals surface area (Å²) in [5.41, 5.74) is 1.07. The molecule has 1 heterocycles. The van der Waals surface area contributed by atoms with Crippen LogP contribution in [0, 0.1) is 11.6 Å². The van der Waals surface area contributed by atoms with E-state index in [4.69, 9.17) is 23.2 Å². The van der Waals surface area contributed by atoms with Crippen LogP contribution in [0.5, 0.6) is 0 Å². The van der Waals surface area contributed by atoms with E-state index in [0.717, 1.165) is 12.1 Å². The van der Waals surface area contributed by atoms with Crippen LogP contribution in [0.2, 0.25) is 10.0 Å². The first-order chi connectivity index (χ1) is 12.0. The highest BCUT2D eigenvalue weighted by atomic mass is 35.5. The zero-order valence-electron chi connectivity index (χ0n) is 12.5. The van der Waals surface area contributed by atoms with Gasteiger partial charge >= 0.3 is 0 Å². The summed E-state index contributed by atoms with van der Waals surface area (Å²) in [6, 6.07) is 8.50. The second-order valence-corrected chi connectivity index (χ2v) is 6.79. The average Bonchev–Trinajstić information content (AvgIpc) is 2.96. The molecule has 0 amide bonds. The van der Waals surface area contributed by atoms with Crippen molar-refractivity contribution in [1.82, 2.24) is 9.62 Å². The maximum atomic E-state index is 13.4. The number of carbonyl (C=O) groups is 1. The molecule has 0 spiro atoms. The monoisotopic (exact) mass is 401 g/mol. The number of aliphatic imine (C=N–C) groups is 1. The third-order valence-corrected chi connectivity index (χ3v) is 5.05. The number of amidine groups is 1. The van der Waals surface area contributed by atoms with Crippen LogP contribution in [0.4, 0.5) is 14.5 Å².